The lowest BCUT2D eigenvalue weighted by molar-refractivity contribution is 0.174. The van der Waals surface area contributed by atoms with E-state index in [4.69, 9.17) is 0 Å². The number of aryl methyl sites for hydroxylation is 1. The van der Waals surface area contributed by atoms with Crippen LogP contribution < -0.4 is 10.6 Å². The Balaban J connectivity index is 2.03. The highest BCUT2D eigenvalue weighted by molar-refractivity contribution is 7.99. The topological polar surface area (TPSA) is 50.4 Å². The standard InChI is InChI=1S/C17H18N2O2S/c1-12-11-15(22-14-7-5-4-6-8-14)9-10-16(12)18-13(2)19-17(20)21-3/h4-11,18H,2H2,1,3H3,(H,19,20). The number of alkyl carbamates (subject to hydrolysis) is 1. The summed E-state index contributed by atoms with van der Waals surface area (Å²) in [7, 11) is 1.31. The van der Waals surface area contributed by atoms with Crippen molar-refractivity contribution in [2.45, 2.75) is 16.7 Å². The molecule has 4 nitrogen and oxygen atoms in total. The largest absolute Gasteiger partial charge is 0.453 e. The van der Waals surface area contributed by atoms with Gasteiger partial charge in [0.15, 0.2) is 0 Å². The van der Waals surface area contributed by atoms with E-state index in [9.17, 15) is 4.79 Å². The minimum atomic E-state index is -0.550. The van der Waals surface area contributed by atoms with Crippen LogP contribution in [0.4, 0.5) is 10.5 Å². The van der Waals surface area contributed by atoms with Crippen LogP contribution in [0.5, 0.6) is 0 Å². The van der Waals surface area contributed by atoms with Gasteiger partial charge in [0.2, 0.25) is 0 Å². The SMILES string of the molecule is C=C(NC(=O)OC)Nc1ccc(Sc2ccccc2)cc1C. The van der Waals surface area contributed by atoms with Crippen molar-refractivity contribution in [3.05, 3.63) is 66.5 Å². The van der Waals surface area contributed by atoms with Crippen LogP contribution in [0.3, 0.4) is 0 Å². The van der Waals surface area contributed by atoms with Gasteiger partial charge in [0.25, 0.3) is 0 Å². The Labute approximate surface area is 134 Å². The maximum absolute atomic E-state index is 11.1. The van der Waals surface area contributed by atoms with Crippen molar-refractivity contribution in [3.8, 4) is 0 Å². The lowest BCUT2D eigenvalue weighted by Gasteiger charge is -2.13. The molecule has 0 saturated heterocycles. The second kappa shape index (κ2) is 7.56. The molecule has 0 aliphatic rings. The molecule has 0 fully saturated rings. The number of benzene rings is 2. The molecular weight excluding hydrogens is 296 g/mol. The van der Waals surface area contributed by atoms with Gasteiger partial charge >= 0.3 is 6.09 Å². The quantitative estimate of drug-likeness (QED) is 0.859. The predicted molar refractivity (Wildman–Crippen MR) is 90.0 cm³/mol. The van der Waals surface area contributed by atoms with E-state index in [-0.39, 0.29) is 0 Å². The van der Waals surface area contributed by atoms with Gasteiger partial charge in [0.05, 0.1) is 7.11 Å². The Morgan fingerprint density at radius 1 is 1.14 bits per heavy atom. The van der Waals surface area contributed by atoms with Crippen LogP contribution in [0.15, 0.2) is 70.7 Å². The fourth-order valence-electron chi connectivity index (χ4n) is 1.83. The van der Waals surface area contributed by atoms with E-state index in [1.807, 2.05) is 37.3 Å². The van der Waals surface area contributed by atoms with E-state index < -0.39 is 6.09 Å². The Hall–Kier alpha value is -2.40. The molecule has 0 heterocycles. The van der Waals surface area contributed by atoms with Crippen LogP contribution in [0.25, 0.3) is 0 Å². The first kappa shape index (κ1) is 16.0. The van der Waals surface area contributed by atoms with Crippen LogP contribution in [0.2, 0.25) is 0 Å². The monoisotopic (exact) mass is 314 g/mol. The zero-order valence-corrected chi connectivity index (χ0v) is 13.4. The first-order chi connectivity index (χ1) is 10.6. The number of carbonyl (C=O) groups excluding carboxylic acids is 1. The molecule has 0 spiro atoms. The number of methoxy groups -OCH3 is 1. The van der Waals surface area contributed by atoms with Crippen LogP contribution in [-0.2, 0) is 4.74 Å². The van der Waals surface area contributed by atoms with E-state index in [1.54, 1.807) is 11.8 Å². The summed E-state index contributed by atoms with van der Waals surface area (Å²) in [5.74, 6) is 0.374. The first-order valence-corrected chi connectivity index (χ1v) is 7.54. The zero-order valence-electron chi connectivity index (χ0n) is 12.6. The highest BCUT2D eigenvalue weighted by Gasteiger charge is 2.05. The third-order valence-electron chi connectivity index (χ3n) is 2.90. The molecule has 0 unspecified atom stereocenters. The number of hydrogen-bond acceptors (Lipinski definition) is 4. The second-order valence-electron chi connectivity index (χ2n) is 4.61. The smallest absolute Gasteiger partial charge is 0.412 e. The average molecular weight is 314 g/mol. The Kier molecular flexibility index (Phi) is 5.49. The average Bonchev–Trinajstić information content (AvgIpc) is 2.51. The van der Waals surface area contributed by atoms with E-state index in [0.717, 1.165) is 16.1 Å². The summed E-state index contributed by atoms with van der Waals surface area (Å²) in [6.07, 6.45) is -0.550. The predicted octanol–water partition coefficient (Wildman–Crippen LogP) is 4.39. The summed E-state index contributed by atoms with van der Waals surface area (Å²) < 4.78 is 4.52. The summed E-state index contributed by atoms with van der Waals surface area (Å²) in [6.45, 7) is 5.74. The molecular formula is C17H18N2O2S. The van der Waals surface area contributed by atoms with Gasteiger partial charge < -0.3 is 10.1 Å². The van der Waals surface area contributed by atoms with Crippen LogP contribution in [0, 0.1) is 6.92 Å². The fourth-order valence-corrected chi connectivity index (χ4v) is 2.77. The molecule has 5 heteroatoms. The number of amides is 1. The van der Waals surface area contributed by atoms with E-state index in [0.29, 0.717) is 5.82 Å². The van der Waals surface area contributed by atoms with Crippen molar-refractivity contribution in [3.63, 3.8) is 0 Å². The minimum absolute atomic E-state index is 0.374. The van der Waals surface area contributed by atoms with Gasteiger partial charge in [-0.2, -0.15) is 0 Å². The van der Waals surface area contributed by atoms with Crippen LogP contribution in [0.1, 0.15) is 5.56 Å². The molecule has 2 rings (SSSR count). The first-order valence-electron chi connectivity index (χ1n) is 6.73. The van der Waals surface area contributed by atoms with Gasteiger partial charge in [-0.15, -0.1) is 0 Å². The third-order valence-corrected chi connectivity index (χ3v) is 3.90. The Morgan fingerprint density at radius 2 is 1.86 bits per heavy atom. The minimum Gasteiger partial charge on any atom is -0.453 e. The van der Waals surface area contributed by atoms with Crippen LogP contribution >= 0.6 is 11.8 Å². The third kappa shape index (κ3) is 4.56. The highest BCUT2D eigenvalue weighted by atomic mass is 32.2. The van der Waals surface area contributed by atoms with Crippen molar-refractivity contribution in [1.82, 2.24) is 5.32 Å². The lowest BCUT2D eigenvalue weighted by Crippen LogP contribution is -2.26. The van der Waals surface area contributed by atoms with E-state index in [2.05, 4.69) is 40.1 Å². The summed E-state index contributed by atoms with van der Waals surface area (Å²) in [6, 6.07) is 16.3. The van der Waals surface area contributed by atoms with Crippen molar-refractivity contribution in [1.29, 1.82) is 0 Å². The van der Waals surface area contributed by atoms with Crippen molar-refractivity contribution in [2.75, 3.05) is 12.4 Å². The molecule has 0 aliphatic carbocycles. The molecule has 2 aromatic rings. The maximum atomic E-state index is 11.1. The molecule has 0 bridgehead atoms. The van der Waals surface area contributed by atoms with E-state index in [1.165, 1.54) is 12.0 Å². The molecule has 0 aliphatic heterocycles. The van der Waals surface area contributed by atoms with Gasteiger partial charge in [-0.1, -0.05) is 36.5 Å². The van der Waals surface area contributed by atoms with Crippen molar-refractivity contribution in [2.24, 2.45) is 0 Å². The molecule has 1 amide bonds. The van der Waals surface area contributed by atoms with Gasteiger partial charge in [-0.05, 0) is 42.8 Å². The molecule has 0 saturated carbocycles. The van der Waals surface area contributed by atoms with E-state index >= 15 is 0 Å². The summed E-state index contributed by atoms with van der Waals surface area (Å²) >= 11 is 1.70. The lowest BCUT2D eigenvalue weighted by atomic mass is 10.2. The normalized spacial score (nSPS) is 9.91. The number of carbonyl (C=O) groups is 1. The molecule has 0 radical (unpaired) electrons. The van der Waals surface area contributed by atoms with Gasteiger partial charge in [-0.25, -0.2) is 4.79 Å². The number of rotatable bonds is 5. The maximum Gasteiger partial charge on any atom is 0.412 e. The Bertz CT molecular complexity index is 672. The molecule has 114 valence electrons. The molecule has 2 N–H and O–H groups in total. The van der Waals surface area contributed by atoms with Crippen molar-refractivity contribution < 1.29 is 9.53 Å². The summed E-state index contributed by atoms with van der Waals surface area (Å²) in [4.78, 5) is 13.5. The molecule has 0 aromatic heterocycles. The van der Waals surface area contributed by atoms with Gasteiger partial charge in [0.1, 0.15) is 5.82 Å². The number of nitrogens with one attached hydrogen (secondary N) is 2. The highest BCUT2D eigenvalue weighted by Crippen LogP contribution is 2.30. The number of ether oxygens (including phenoxy) is 1. The Morgan fingerprint density at radius 3 is 2.50 bits per heavy atom. The van der Waals surface area contributed by atoms with Gasteiger partial charge in [-0.3, -0.25) is 5.32 Å². The van der Waals surface area contributed by atoms with Gasteiger partial charge in [0, 0.05) is 15.5 Å². The molecule has 22 heavy (non-hydrogen) atoms. The number of hydrogen-bond donors (Lipinski definition) is 2. The second-order valence-corrected chi connectivity index (χ2v) is 5.76. The zero-order chi connectivity index (χ0) is 15.9. The fraction of sp³-hybridized carbons (Fsp3) is 0.118. The molecule has 0 atom stereocenters. The van der Waals surface area contributed by atoms with Crippen molar-refractivity contribution >= 4 is 23.5 Å². The summed E-state index contributed by atoms with van der Waals surface area (Å²) in [5.41, 5.74) is 1.95. The molecule has 2 aromatic carbocycles. The van der Waals surface area contributed by atoms with Crippen LogP contribution in [-0.4, -0.2) is 13.2 Å². The summed E-state index contributed by atoms with van der Waals surface area (Å²) in [5, 5.41) is 5.54. The number of anilines is 1.